The van der Waals surface area contributed by atoms with Gasteiger partial charge < -0.3 is 5.11 Å². The SMILES string of the molecule is CC(CCc1ccccc1C(C)C)C(=O)O. The van der Waals surface area contributed by atoms with Gasteiger partial charge in [0.2, 0.25) is 0 Å². The molecule has 0 radical (unpaired) electrons. The van der Waals surface area contributed by atoms with E-state index in [1.165, 1.54) is 11.1 Å². The van der Waals surface area contributed by atoms with E-state index in [9.17, 15) is 4.79 Å². The van der Waals surface area contributed by atoms with E-state index >= 15 is 0 Å². The molecule has 0 aliphatic carbocycles. The van der Waals surface area contributed by atoms with Gasteiger partial charge in [0.15, 0.2) is 0 Å². The Kier molecular flexibility index (Phi) is 4.53. The number of carbonyl (C=O) groups is 1. The number of hydrogen-bond acceptors (Lipinski definition) is 1. The number of benzene rings is 1. The predicted molar refractivity (Wildman–Crippen MR) is 65.7 cm³/mol. The van der Waals surface area contributed by atoms with Crippen LogP contribution in [0.15, 0.2) is 24.3 Å². The van der Waals surface area contributed by atoms with Crippen LogP contribution in [0.2, 0.25) is 0 Å². The molecule has 1 aromatic carbocycles. The van der Waals surface area contributed by atoms with E-state index in [1.807, 2.05) is 12.1 Å². The average molecular weight is 220 g/mol. The molecule has 1 aromatic rings. The van der Waals surface area contributed by atoms with Crippen molar-refractivity contribution in [1.29, 1.82) is 0 Å². The predicted octanol–water partition coefficient (Wildman–Crippen LogP) is 3.46. The highest BCUT2D eigenvalue weighted by Gasteiger charge is 2.12. The van der Waals surface area contributed by atoms with Gasteiger partial charge in [-0.25, -0.2) is 0 Å². The summed E-state index contributed by atoms with van der Waals surface area (Å²) in [5.41, 5.74) is 2.62. The molecule has 0 amide bonds. The molecule has 16 heavy (non-hydrogen) atoms. The molecule has 0 fully saturated rings. The summed E-state index contributed by atoms with van der Waals surface area (Å²) < 4.78 is 0. The minimum absolute atomic E-state index is 0.264. The molecular formula is C14H20O2. The van der Waals surface area contributed by atoms with Crippen LogP contribution in [-0.2, 0) is 11.2 Å². The molecule has 2 heteroatoms. The second-order valence-electron chi connectivity index (χ2n) is 4.63. The molecule has 0 heterocycles. The fourth-order valence-corrected chi connectivity index (χ4v) is 1.82. The third-order valence-electron chi connectivity index (χ3n) is 2.95. The molecule has 0 saturated heterocycles. The topological polar surface area (TPSA) is 37.3 Å². The first kappa shape index (κ1) is 12.8. The van der Waals surface area contributed by atoms with Crippen LogP contribution in [0, 0.1) is 5.92 Å². The van der Waals surface area contributed by atoms with Gasteiger partial charge >= 0.3 is 5.97 Å². The lowest BCUT2D eigenvalue weighted by atomic mass is 9.92. The normalized spacial score (nSPS) is 12.8. The van der Waals surface area contributed by atoms with E-state index in [0.29, 0.717) is 12.3 Å². The van der Waals surface area contributed by atoms with Gasteiger partial charge in [0, 0.05) is 0 Å². The van der Waals surface area contributed by atoms with Crippen LogP contribution >= 0.6 is 0 Å². The Morgan fingerprint density at radius 2 is 1.88 bits per heavy atom. The molecule has 1 unspecified atom stereocenters. The maximum absolute atomic E-state index is 10.7. The number of aliphatic carboxylic acids is 1. The molecule has 88 valence electrons. The first-order valence-corrected chi connectivity index (χ1v) is 5.83. The molecule has 1 N–H and O–H groups in total. The smallest absolute Gasteiger partial charge is 0.306 e. The molecule has 0 aromatic heterocycles. The van der Waals surface area contributed by atoms with E-state index in [4.69, 9.17) is 5.11 Å². The Hall–Kier alpha value is -1.31. The lowest BCUT2D eigenvalue weighted by Gasteiger charge is -2.13. The minimum Gasteiger partial charge on any atom is -0.481 e. The van der Waals surface area contributed by atoms with Crippen LogP contribution in [0.3, 0.4) is 0 Å². The van der Waals surface area contributed by atoms with Gasteiger partial charge in [-0.05, 0) is 29.9 Å². The molecule has 2 nitrogen and oxygen atoms in total. The van der Waals surface area contributed by atoms with Crippen molar-refractivity contribution in [2.24, 2.45) is 5.92 Å². The largest absolute Gasteiger partial charge is 0.481 e. The zero-order chi connectivity index (χ0) is 12.1. The summed E-state index contributed by atoms with van der Waals surface area (Å²) in [6.07, 6.45) is 1.56. The lowest BCUT2D eigenvalue weighted by Crippen LogP contribution is -2.10. The van der Waals surface area contributed by atoms with Crippen molar-refractivity contribution in [2.45, 2.75) is 39.5 Å². The molecule has 0 aliphatic heterocycles. The molecule has 0 spiro atoms. The number of carboxylic acids is 1. The second-order valence-corrected chi connectivity index (χ2v) is 4.63. The van der Waals surface area contributed by atoms with Gasteiger partial charge in [0.25, 0.3) is 0 Å². The van der Waals surface area contributed by atoms with Crippen molar-refractivity contribution in [3.63, 3.8) is 0 Å². The maximum Gasteiger partial charge on any atom is 0.306 e. The van der Waals surface area contributed by atoms with Crippen molar-refractivity contribution in [3.05, 3.63) is 35.4 Å². The van der Waals surface area contributed by atoms with Crippen LogP contribution < -0.4 is 0 Å². The molecule has 0 bridgehead atoms. The van der Waals surface area contributed by atoms with Gasteiger partial charge in [0.1, 0.15) is 0 Å². The van der Waals surface area contributed by atoms with Gasteiger partial charge in [-0.2, -0.15) is 0 Å². The van der Waals surface area contributed by atoms with E-state index in [-0.39, 0.29) is 5.92 Å². The average Bonchev–Trinajstić information content (AvgIpc) is 2.25. The Morgan fingerprint density at radius 3 is 2.44 bits per heavy atom. The van der Waals surface area contributed by atoms with Crippen LogP contribution in [0.25, 0.3) is 0 Å². The van der Waals surface area contributed by atoms with E-state index in [0.717, 1.165) is 6.42 Å². The summed E-state index contributed by atoms with van der Waals surface area (Å²) in [6, 6.07) is 8.29. The van der Waals surface area contributed by atoms with Crippen molar-refractivity contribution in [1.82, 2.24) is 0 Å². The molecule has 1 rings (SSSR count). The van der Waals surface area contributed by atoms with Gasteiger partial charge in [-0.15, -0.1) is 0 Å². The quantitative estimate of drug-likeness (QED) is 0.825. The molecule has 0 aliphatic rings. The Morgan fingerprint density at radius 1 is 1.25 bits per heavy atom. The molecule has 0 saturated carbocycles. The van der Waals surface area contributed by atoms with Crippen molar-refractivity contribution in [3.8, 4) is 0 Å². The van der Waals surface area contributed by atoms with Crippen molar-refractivity contribution < 1.29 is 9.90 Å². The fraction of sp³-hybridized carbons (Fsp3) is 0.500. The molecular weight excluding hydrogens is 200 g/mol. The van der Waals surface area contributed by atoms with E-state index < -0.39 is 5.97 Å². The summed E-state index contributed by atoms with van der Waals surface area (Å²) in [5, 5.41) is 8.84. The first-order chi connectivity index (χ1) is 7.52. The second kappa shape index (κ2) is 5.69. The highest BCUT2D eigenvalue weighted by molar-refractivity contribution is 5.69. The lowest BCUT2D eigenvalue weighted by molar-refractivity contribution is -0.141. The van der Waals surface area contributed by atoms with E-state index in [2.05, 4.69) is 26.0 Å². The maximum atomic E-state index is 10.7. The van der Waals surface area contributed by atoms with Crippen LogP contribution in [0.1, 0.15) is 44.2 Å². The van der Waals surface area contributed by atoms with Crippen LogP contribution in [0.4, 0.5) is 0 Å². The van der Waals surface area contributed by atoms with Gasteiger partial charge in [-0.1, -0.05) is 45.0 Å². The summed E-state index contributed by atoms with van der Waals surface area (Å²) in [5.74, 6) is -0.474. The summed E-state index contributed by atoms with van der Waals surface area (Å²) >= 11 is 0. The van der Waals surface area contributed by atoms with Gasteiger partial charge in [0.05, 0.1) is 5.92 Å². The zero-order valence-corrected chi connectivity index (χ0v) is 10.2. The third-order valence-corrected chi connectivity index (χ3v) is 2.95. The number of hydrogen-bond donors (Lipinski definition) is 1. The van der Waals surface area contributed by atoms with Crippen LogP contribution in [-0.4, -0.2) is 11.1 Å². The number of aryl methyl sites for hydroxylation is 1. The zero-order valence-electron chi connectivity index (χ0n) is 10.2. The fourth-order valence-electron chi connectivity index (χ4n) is 1.82. The molecule has 1 atom stereocenters. The van der Waals surface area contributed by atoms with Crippen LogP contribution in [0.5, 0.6) is 0 Å². The number of rotatable bonds is 5. The summed E-state index contributed by atoms with van der Waals surface area (Å²) in [6.45, 7) is 6.10. The first-order valence-electron chi connectivity index (χ1n) is 5.83. The standard InChI is InChI=1S/C14H20O2/c1-10(2)13-7-5-4-6-12(13)9-8-11(3)14(15)16/h4-7,10-11H,8-9H2,1-3H3,(H,15,16). The summed E-state index contributed by atoms with van der Waals surface area (Å²) in [7, 11) is 0. The Balaban J connectivity index is 2.70. The minimum atomic E-state index is -0.706. The van der Waals surface area contributed by atoms with Crippen molar-refractivity contribution >= 4 is 5.97 Å². The Bertz CT molecular complexity index is 356. The monoisotopic (exact) mass is 220 g/mol. The Labute approximate surface area is 97.3 Å². The van der Waals surface area contributed by atoms with Crippen molar-refractivity contribution in [2.75, 3.05) is 0 Å². The third kappa shape index (κ3) is 3.37. The highest BCUT2D eigenvalue weighted by atomic mass is 16.4. The van der Waals surface area contributed by atoms with Gasteiger partial charge in [-0.3, -0.25) is 4.79 Å². The number of carboxylic acid groups (broad SMARTS) is 1. The summed E-state index contributed by atoms with van der Waals surface area (Å²) in [4.78, 5) is 10.7. The highest BCUT2D eigenvalue weighted by Crippen LogP contribution is 2.21. The van der Waals surface area contributed by atoms with E-state index in [1.54, 1.807) is 6.92 Å².